The molecule has 1 saturated carbocycles. The normalized spacial score (nSPS) is 27.5. The lowest BCUT2D eigenvalue weighted by atomic mass is 9.67. The average Bonchev–Trinajstić information content (AvgIpc) is 2.26. The van der Waals surface area contributed by atoms with Crippen LogP contribution in [0, 0.1) is 12.3 Å². The summed E-state index contributed by atoms with van der Waals surface area (Å²) in [7, 11) is 0. The van der Waals surface area contributed by atoms with Crippen molar-refractivity contribution >= 4 is 11.6 Å². The van der Waals surface area contributed by atoms with Crippen LogP contribution in [0.1, 0.15) is 31.5 Å². The molecule has 3 heteroatoms. The van der Waals surface area contributed by atoms with Crippen molar-refractivity contribution in [3.63, 3.8) is 0 Å². The van der Waals surface area contributed by atoms with E-state index in [2.05, 4.69) is 37.1 Å². The van der Waals surface area contributed by atoms with E-state index in [0.29, 0.717) is 11.4 Å². The highest BCUT2D eigenvalue weighted by atomic mass is 35.5. The number of hydrogen-bond donors (Lipinski definition) is 1. The van der Waals surface area contributed by atoms with E-state index < -0.39 is 0 Å². The first-order valence-corrected chi connectivity index (χ1v) is 6.23. The maximum Gasteiger partial charge on any atom is 0.0570 e. The molecule has 1 aliphatic carbocycles. The molecule has 1 heterocycles. The molecule has 1 aliphatic rings. The van der Waals surface area contributed by atoms with E-state index in [9.17, 15) is 0 Å². The fourth-order valence-electron chi connectivity index (χ4n) is 2.14. The Labute approximate surface area is 102 Å². The molecular formula is C13H19ClN2. The van der Waals surface area contributed by atoms with E-state index in [1.54, 1.807) is 0 Å². The Morgan fingerprint density at radius 3 is 2.88 bits per heavy atom. The van der Waals surface area contributed by atoms with Crippen LogP contribution >= 0.6 is 11.6 Å². The van der Waals surface area contributed by atoms with Crippen LogP contribution in [-0.2, 0) is 6.54 Å². The number of hydrogen-bond acceptors (Lipinski definition) is 2. The number of nitrogens with one attached hydrogen (secondary N) is 1. The second-order valence-electron chi connectivity index (χ2n) is 5.23. The zero-order chi connectivity index (χ0) is 11.8. The third-order valence-corrected chi connectivity index (χ3v) is 4.52. The summed E-state index contributed by atoms with van der Waals surface area (Å²) in [6.07, 6.45) is 2.90. The fraction of sp³-hybridized carbons (Fsp3) is 0.615. The molecule has 1 N–H and O–H groups in total. The number of aromatic nitrogens is 1. The van der Waals surface area contributed by atoms with Gasteiger partial charge in [0.15, 0.2) is 0 Å². The van der Waals surface area contributed by atoms with Gasteiger partial charge in [-0.05, 0) is 30.4 Å². The van der Waals surface area contributed by atoms with Crippen LogP contribution < -0.4 is 5.32 Å². The van der Waals surface area contributed by atoms with Crippen molar-refractivity contribution in [2.45, 2.75) is 45.2 Å². The van der Waals surface area contributed by atoms with Crippen LogP contribution in [0.15, 0.2) is 18.3 Å². The number of rotatable bonds is 3. The van der Waals surface area contributed by atoms with Crippen molar-refractivity contribution in [2.24, 2.45) is 5.41 Å². The van der Waals surface area contributed by atoms with Crippen molar-refractivity contribution in [2.75, 3.05) is 0 Å². The monoisotopic (exact) mass is 238 g/mol. The molecule has 2 rings (SSSR count). The summed E-state index contributed by atoms with van der Waals surface area (Å²) >= 11 is 6.19. The van der Waals surface area contributed by atoms with Gasteiger partial charge in [-0.1, -0.05) is 19.9 Å². The summed E-state index contributed by atoms with van der Waals surface area (Å²) in [4.78, 5) is 4.38. The molecule has 0 radical (unpaired) electrons. The summed E-state index contributed by atoms with van der Waals surface area (Å²) in [5.74, 6) is 0. The largest absolute Gasteiger partial charge is 0.308 e. The molecule has 1 aromatic rings. The summed E-state index contributed by atoms with van der Waals surface area (Å²) in [6, 6.07) is 4.58. The molecule has 0 spiro atoms. The van der Waals surface area contributed by atoms with E-state index in [-0.39, 0.29) is 5.41 Å². The number of aryl methyl sites for hydroxylation is 1. The summed E-state index contributed by atoms with van der Waals surface area (Å²) in [5.41, 5.74) is 2.58. The van der Waals surface area contributed by atoms with E-state index in [1.807, 2.05) is 12.3 Å². The minimum absolute atomic E-state index is 0.199. The Morgan fingerprint density at radius 2 is 2.31 bits per heavy atom. The van der Waals surface area contributed by atoms with Gasteiger partial charge in [-0.15, -0.1) is 11.6 Å². The highest BCUT2D eigenvalue weighted by molar-refractivity contribution is 6.21. The van der Waals surface area contributed by atoms with Crippen LogP contribution in [0.3, 0.4) is 0 Å². The molecule has 0 aliphatic heterocycles. The topological polar surface area (TPSA) is 24.9 Å². The van der Waals surface area contributed by atoms with Crippen molar-refractivity contribution in [1.29, 1.82) is 0 Å². The molecule has 1 fully saturated rings. The van der Waals surface area contributed by atoms with Gasteiger partial charge in [-0.3, -0.25) is 4.98 Å². The van der Waals surface area contributed by atoms with Crippen molar-refractivity contribution < 1.29 is 0 Å². The molecular weight excluding hydrogens is 220 g/mol. The van der Waals surface area contributed by atoms with Gasteiger partial charge in [0, 0.05) is 24.2 Å². The molecule has 88 valence electrons. The molecule has 0 amide bonds. The Morgan fingerprint density at radius 1 is 1.56 bits per heavy atom. The van der Waals surface area contributed by atoms with Gasteiger partial charge in [0.05, 0.1) is 5.69 Å². The molecule has 1 aromatic heterocycles. The standard InChI is InChI=1S/C13H19ClN2/c1-9-5-4-6-15-10(9)8-16-12-7-11(14)13(12,2)3/h4-6,11-12,16H,7-8H2,1-3H3. The lowest BCUT2D eigenvalue weighted by Gasteiger charge is -2.49. The third-order valence-electron chi connectivity index (χ3n) is 3.78. The Bertz CT molecular complexity index is 376. The van der Waals surface area contributed by atoms with Gasteiger partial charge < -0.3 is 5.32 Å². The average molecular weight is 239 g/mol. The predicted molar refractivity (Wildman–Crippen MR) is 67.6 cm³/mol. The third kappa shape index (κ3) is 2.09. The molecule has 2 unspecified atom stereocenters. The van der Waals surface area contributed by atoms with E-state index in [4.69, 9.17) is 11.6 Å². The summed E-state index contributed by atoms with van der Waals surface area (Å²) in [5, 5.41) is 3.85. The van der Waals surface area contributed by atoms with Gasteiger partial charge in [-0.2, -0.15) is 0 Å². The number of nitrogens with zero attached hydrogens (tertiary/aromatic N) is 1. The predicted octanol–water partition coefficient (Wildman–Crippen LogP) is 2.89. The van der Waals surface area contributed by atoms with Crippen LogP contribution in [0.5, 0.6) is 0 Å². The molecule has 0 aromatic carbocycles. The van der Waals surface area contributed by atoms with Crippen LogP contribution in [-0.4, -0.2) is 16.4 Å². The maximum atomic E-state index is 6.19. The molecule has 2 atom stereocenters. The van der Waals surface area contributed by atoms with Gasteiger partial charge in [0.2, 0.25) is 0 Å². The second-order valence-corrected chi connectivity index (χ2v) is 5.75. The van der Waals surface area contributed by atoms with Gasteiger partial charge in [0.1, 0.15) is 0 Å². The van der Waals surface area contributed by atoms with Gasteiger partial charge >= 0.3 is 0 Å². The van der Waals surface area contributed by atoms with E-state index in [1.165, 1.54) is 5.56 Å². The van der Waals surface area contributed by atoms with Gasteiger partial charge in [0.25, 0.3) is 0 Å². The second kappa shape index (κ2) is 4.34. The lowest BCUT2D eigenvalue weighted by Crippen LogP contribution is -2.57. The highest BCUT2D eigenvalue weighted by Gasteiger charge is 2.46. The first-order valence-electron chi connectivity index (χ1n) is 5.79. The maximum absolute atomic E-state index is 6.19. The minimum atomic E-state index is 0.199. The molecule has 2 nitrogen and oxygen atoms in total. The zero-order valence-electron chi connectivity index (χ0n) is 10.1. The lowest BCUT2D eigenvalue weighted by molar-refractivity contribution is 0.115. The van der Waals surface area contributed by atoms with E-state index >= 15 is 0 Å². The van der Waals surface area contributed by atoms with Crippen LogP contribution in [0.2, 0.25) is 0 Å². The zero-order valence-corrected chi connectivity index (χ0v) is 10.9. The van der Waals surface area contributed by atoms with Crippen molar-refractivity contribution in [3.05, 3.63) is 29.6 Å². The van der Waals surface area contributed by atoms with E-state index in [0.717, 1.165) is 18.7 Å². The fourth-order valence-corrected chi connectivity index (χ4v) is 2.47. The SMILES string of the molecule is Cc1cccnc1CNC1CC(Cl)C1(C)C. The highest BCUT2D eigenvalue weighted by Crippen LogP contribution is 2.44. The Balaban J connectivity index is 1.92. The first kappa shape index (κ1) is 11.9. The molecule has 0 bridgehead atoms. The van der Waals surface area contributed by atoms with Crippen molar-refractivity contribution in [1.82, 2.24) is 10.3 Å². The summed E-state index contributed by atoms with van der Waals surface area (Å²) < 4.78 is 0. The van der Waals surface area contributed by atoms with Crippen LogP contribution in [0.4, 0.5) is 0 Å². The molecule has 0 saturated heterocycles. The number of alkyl halides is 1. The Hall–Kier alpha value is -0.600. The number of pyridine rings is 1. The first-order chi connectivity index (χ1) is 7.51. The van der Waals surface area contributed by atoms with Gasteiger partial charge in [-0.25, -0.2) is 0 Å². The smallest absolute Gasteiger partial charge is 0.0570 e. The Kier molecular flexibility index (Phi) is 3.22. The van der Waals surface area contributed by atoms with Crippen molar-refractivity contribution in [3.8, 4) is 0 Å². The minimum Gasteiger partial charge on any atom is -0.308 e. The van der Waals surface area contributed by atoms with Crippen LogP contribution in [0.25, 0.3) is 0 Å². The number of halogens is 1. The quantitative estimate of drug-likeness (QED) is 0.820. The summed E-state index contributed by atoms with van der Waals surface area (Å²) in [6.45, 7) is 7.37. The molecule has 16 heavy (non-hydrogen) atoms.